The summed E-state index contributed by atoms with van der Waals surface area (Å²) in [4.78, 5) is 15.4. The Morgan fingerprint density at radius 1 is 1.05 bits per heavy atom. The average molecular weight is 279 g/mol. The fourth-order valence-electron chi connectivity index (χ4n) is 2.21. The van der Waals surface area contributed by atoms with Gasteiger partial charge in [0.25, 0.3) is 0 Å². The second-order valence-electron chi connectivity index (χ2n) is 4.58. The molecule has 0 saturated heterocycles. The summed E-state index contributed by atoms with van der Waals surface area (Å²) < 4.78 is 5.68. The van der Waals surface area contributed by atoms with Gasteiger partial charge in [-0.15, -0.1) is 0 Å². The maximum atomic E-state index is 11.2. The van der Waals surface area contributed by atoms with E-state index in [0.29, 0.717) is 12.4 Å². The molecular formula is C17H13NO3. The molecule has 1 aromatic heterocycles. The Hall–Kier alpha value is -2.88. The van der Waals surface area contributed by atoms with Crippen LogP contribution in [0.4, 0.5) is 0 Å². The number of para-hydroxylation sites is 2. The van der Waals surface area contributed by atoms with Crippen molar-refractivity contribution in [1.82, 2.24) is 4.98 Å². The Kier molecular flexibility index (Phi) is 3.51. The van der Waals surface area contributed by atoms with Gasteiger partial charge in [-0.25, -0.2) is 4.79 Å². The van der Waals surface area contributed by atoms with E-state index in [9.17, 15) is 4.79 Å². The average Bonchev–Trinajstić information content (AvgIpc) is 2.53. The quantitative estimate of drug-likeness (QED) is 0.794. The molecule has 2 aromatic carbocycles. The number of benzene rings is 2. The summed E-state index contributed by atoms with van der Waals surface area (Å²) in [5.41, 5.74) is 2.03. The number of hydrogen-bond acceptors (Lipinski definition) is 3. The van der Waals surface area contributed by atoms with E-state index in [2.05, 4.69) is 4.98 Å². The molecule has 4 nitrogen and oxygen atoms in total. The lowest BCUT2D eigenvalue weighted by molar-refractivity contribution is 0.0692. The fraction of sp³-hybridized carbons (Fsp3) is 0.0588. The van der Waals surface area contributed by atoms with E-state index in [1.807, 2.05) is 30.3 Å². The highest BCUT2D eigenvalue weighted by Gasteiger charge is 2.10. The van der Waals surface area contributed by atoms with Crippen molar-refractivity contribution >= 4 is 16.9 Å². The molecule has 104 valence electrons. The Morgan fingerprint density at radius 2 is 1.81 bits per heavy atom. The zero-order valence-electron chi connectivity index (χ0n) is 11.2. The van der Waals surface area contributed by atoms with E-state index < -0.39 is 5.97 Å². The van der Waals surface area contributed by atoms with Crippen LogP contribution in [0.2, 0.25) is 0 Å². The SMILES string of the molecule is O=C(O)c1ccccc1OCc1ccnc2ccccc12. The maximum absolute atomic E-state index is 11.2. The number of nitrogens with zero attached hydrogens (tertiary/aromatic N) is 1. The summed E-state index contributed by atoms with van der Waals surface area (Å²) in [6, 6.07) is 16.3. The third-order valence-electron chi connectivity index (χ3n) is 3.24. The third-order valence-corrected chi connectivity index (χ3v) is 3.24. The van der Waals surface area contributed by atoms with Gasteiger partial charge in [0.2, 0.25) is 0 Å². The Bertz CT molecular complexity index is 793. The molecule has 21 heavy (non-hydrogen) atoms. The summed E-state index contributed by atoms with van der Waals surface area (Å²) in [6.45, 7) is 0.299. The second kappa shape index (κ2) is 5.63. The van der Waals surface area contributed by atoms with Gasteiger partial charge in [-0.3, -0.25) is 4.98 Å². The topological polar surface area (TPSA) is 59.4 Å². The summed E-state index contributed by atoms with van der Waals surface area (Å²) in [7, 11) is 0. The van der Waals surface area contributed by atoms with Gasteiger partial charge in [-0.05, 0) is 24.3 Å². The predicted molar refractivity (Wildman–Crippen MR) is 79.5 cm³/mol. The first-order valence-corrected chi connectivity index (χ1v) is 6.53. The van der Waals surface area contributed by atoms with Gasteiger partial charge in [-0.1, -0.05) is 30.3 Å². The lowest BCUT2D eigenvalue weighted by atomic mass is 10.1. The highest BCUT2D eigenvalue weighted by molar-refractivity contribution is 5.90. The van der Waals surface area contributed by atoms with Crippen LogP contribution in [-0.2, 0) is 6.61 Å². The van der Waals surface area contributed by atoms with Crippen LogP contribution in [0.3, 0.4) is 0 Å². The van der Waals surface area contributed by atoms with E-state index in [0.717, 1.165) is 16.5 Å². The van der Waals surface area contributed by atoms with E-state index in [1.165, 1.54) is 6.07 Å². The zero-order chi connectivity index (χ0) is 14.7. The molecule has 1 N–H and O–H groups in total. The summed E-state index contributed by atoms with van der Waals surface area (Å²) in [5, 5.41) is 10.2. The first-order valence-electron chi connectivity index (χ1n) is 6.53. The summed E-state index contributed by atoms with van der Waals surface area (Å²) >= 11 is 0. The van der Waals surface area contributed by atoms with Gasteiger partial charge >= 0.3 is 5.97 Å². The molecule has 3 aromatic rings. The molecule has 3 rings (SSSR count). The number of pyridine rings is 1. The number of carboxylic acids is 1. The maximum Gasteiger partial charge on any atom is 0.339 e. The van der Waals surface area contributed by atoms with E-state index in [4.69, 9.17) is 9.84 Å². The minimum atomic E-state index is -0.995. The molecule has 0 radical (unpaired) electrons. The van der Waals surface area contributed by atoms with Gasteiger partial charge in [0, 0.05) is 17.1 Å². The fourth-order valence-corrected chi connectivity index (χ4v) is 2.21. The molecule has 1 heterocycles. The molecule has 0 aliphatic rings. The Labute approximate surface area is 121 Å². The van der Waals surface area contributed by atoms with Crippen molar-refractivity contribution in [3.8, 4) is 5.75 Å². The third kappa shape index (κ3) is 2.69. The molecule has 0 fully saturated rings. The van der Waals surface area contributed by atoms with Crippen LogP contribution in [0.1, 0.15) is 15.9 Å². The van der Waals surface area contributed by atoms with E-state index in [1.54, 1.807) is 24.4 Å². The minimum absolute atomic E-state index is 0.163. The number of rotatable bonds is 4. The van der Waals surface area contributed by atoms with Gasteiger partial charge in [0.15, 0.2) is 0 Å². The lowest BCUT2D eigenvalue weighted by Crippen LogP contribution is -2.03. The number of hydrogen-bond donors (Lipinski definition) is 1. The number of ether oxygens (including phenoxy) is 1. The van der Waals surface area contributed by atoms with Crippen molar-refractivity contribution in [3.05, 3.63) is 71.9 Å². The number of fused-ring (bicyclic) bond motifs is 1. The van der Waals surface area contributed by atoms with Crippen molar-refractivity contribution in [2.75, 3.05) is 0 Å². The Balaban J connectivity index is 1.89. The van der Waals surface area contributed by atoms with Gasteiger partial charge < -0.3 is 9.84 Å². The molecule has 0 spiro atoms. The number of aromatic nitrogens is 1. The molecule has 0 atom stereocenters. The zero-order valence-corrected chi connectivity index (χ0v) is 11.2. The van der Waals surface area contributed by atoms with Crippen molar-refractivity contribution in [2.45, 2.75) is 6.61 Å². The standard InChI is InChI=1S/C17H13NO3/c19-17(20)14-6-2-4-8-16(14)21-11-12-9-10-18-15-7-3-1-5-13(12)15/h1-10H,11H2,(H,19,20). The van der Waals surface area contributed by atoms with Gasteiger partial charge in [-0.2, -0.15) is 0 Å². The van der Waals surface area contributed by atoms with Crippen LogP contribution in [0, 0.1) is 0 Å². The molecule has 0 unspecified atom stereocenters. The predicted octanol–water partition coefficient (Wildman–Crippen LogP) is 3.51. The molecule has 0 aliphatic carbocycles. The summed E-state index contributed by atoms with van der Waals surface area (Å²) in [5.74, 6) is -0.629. The first-order chi connectivity index (χ1) is 10.3. The van der Waals surface area contributed by atoms with Crippen LogP contribution in [0.15, 0.2) is 60.8 Å². The molecule has 0 amide bonds. The van der Waals surface area contributed by atoms with Crippen molar-refractivity contribution < 1.29 is 14.6 Å². The van der Waals surface area contributed by atoms with Crippen LogP contribution in [-0.4, -0.2) is 16.1 Å². The largest absolute Gasteiger partial charge is 0.488 e. The van der Waals surface area contributed by atoms with E-state index >= 15 is 0 Å². The number of carbonyl (C=O) groups is 1. The molecule has 0 saturated carbocycles. The minimum Gasteiger partial charge on any atom is -0.488 e. The summed E-state index contributed by atoms with van der Waals surface area (Å²) in [6.07, 6.45) is 1.73. The molecule has 0 aliphatic heterocycles. The van der Waals surface area contributed by atoms with E-state index in [-0.39, 0.29) is 5.56 Å². The number of aromatic carboxylic acids is 1. The highest BCUT2D eigenvalue weighted by atomic mass is 16.5. The van der Waals surface area contributed by atoms with Crippen LogP contribution < -0.4 is 4.74 Å². The molecular weight excluding hydrogens is 266 g/mol. The van der Waals surface area contributed by atoms with Crippen LogP contribution in [0.5, 0.6) is 5.75 Å². The van der Waals surface area contributed by atoms with Crippen LogP contribution in [0.25, 0.3) is 10.9 Å². The van der Waals surface area contributed by atoms with Crippen LogP contribution >= 0.6 is 0 Å². The Morgan fingerprint density at radius 3 is 2.67 bits per heavy atom. The van der Waals surface area contributed by atoms with Crippen molar-refractivity contribution in [3.63, 3.8) is 0 Å². The second-order valence-corrected chi connectivity index (χ2v) is 4.58. The molecule has 4 heteroatoms. The lowest BCUT2D eigenvalue weighted by Gasteiger charge is -2.10. The number of carboxylic acid groups (broad SMARTS) is 1. The smallest absolute Gasteiger partial charge is 0.339 e. The van der Waals surface area contributed by atoms with Gasteiger partial charge in [0.05, 0.1) is 5.52 Å². The first kappa shape index (κ1) is 13.1. The monoisotopic (exact) mass is 279 g/mol. The molecule has 0 bridgehead atoms. The van der Waals surface area contributed by atoms with Crippen molar-refractivity contribution in [1.29, 1.82) is 0 Å². The highest BCUT2D eigenvalue weighted by Crippen LogP contribution is 2.22. The van der Waals surface area contributed by atoms with Crippen molar-refractivity contribution in [2.24, 2.45) is 0 Å². The van der Waals surface area contributed by atoms with Gasteiger partial charge in [0.1, 0.15) is 17.9 Å². The normalized spacial score (nSPS) is 10.5.